The van der Waals surface area contributed by atoms with Gasteiger partial charge in [-0.2, -0.15) is 0 Å². The second-order valence-corrected chi connectivity index (χ2v) is 7.94. The average Bonchev–Trinajstić information content (AvgIpc) is 3.12. The van der Waals surface area contributed by atoms with E-state index in [4.69, 9.17) is 39.5 Å². The first-order chi connectivity index (χ1) is 12.4. The van der Waals surface area contributed by atoms with Gasteiger partial charge in [-0.15, -0.1) is 0 Å². The molecule has 1 aromatic heterocycles. The molecule has 0 amide bonds. The van der Waals surface area contributed by atoms with Gasteiger partial charge in [-0.05, 0) is 29.8 Å². The Morgan fingerprint density at radius 1 is 1.08 bits per heavy atom. The Bertz CT molecular complexity index is 887. The van der Waals surface area contributed by atoms with Gasteiger partial charge in [0.25, 0.3) is 0 Å². The van der Waals surface area contributed by atoms with Crippen molar-refractivity contribution in [2.45, 2.75) is 9.71 Å². The summed E-state index contributed by atoms with van der Waals surface area (Å²) < 4.78 is 4.99. The number of aromatic nitrogens is 2. The third-order valence-electron chi connectivity index (χ3n) is 3.93. The van der Waals surface area contributed by atoms with E-state index in [0.717, 1.165) is 5.69 Å². The van der Waals surface area contributed by atoms with Crippen molar-refractivity contribution in [1.82, 2.24) is 9.55 Å². The van der Waals surface area contributed by atoms with E-state index in [1.807, 2.05) is 30.3 Å². The van der Waals surface area contributed by atoms with Gasteiger partial charge in [0, 0.05) is 18.1 Å². The Hall–Kier alpha value is -2.01. The van der Waals surface area contributed by atoms with E-state index >= 15 is 0 Å². The lowest BCUT2D eigenvalue weighted by Crippen LogP contribution is -2.28. The van der Waals surface area contributed by atoms with Crippen LogP contribution in [0.4, 0.5) is 0 Å². The number of ether oxygens (including phenoxy) is 1. The second kappa shape index (κ2) is 7.70. The lowest BCUT2D eigenvalue weighted by atomic mass is 9.95. The van der Waals surface area contributed by atoms with Crippen LogP contribution in [0, 0.1) is 0 Å². The number of carbonyl (C=O) groups excluding carboxylic acids is 1. The smallest absolute Gasteiger partial charge is 0.210 e. The van der Waals surface area contributed by atoms with Crippen LogP contribution >= 0.6 is 34.8 Å². The Labute approximate surface area is 166 Å². The summed E-state index contributed by atoms with van der Waals surface area (Å²) >= 11 is 18.5. The van der Waals surface area contributed by atoms with Crippen LogP contribution in [0.25, 0.3) is 5.69 Å². The standard InChI is InChI=1S/C19H15Cl3N2O2/c1-26-15-9-7-13(8-10-15)16(19(20,21)22)17(25)18-23-11-12-24(18)14-5-3-2-4-6-14/h2-12,16H,1H3/t16-/m1/s1. The molecule has 0 saturated heterocycles. The first kappa shape index (κ1) is 18.8. The number of Topliss-reactive ketones (excluding diaryl/α,β-unsaturated/α-hetero) is 1. The van der Waals surface area contributed by atoms with Gasteiger partial charge in [-0.3, -0.25) is 9.36 Å². The van der Waals surface area contributed by atoms with Crippen molar-refractivity contribution in [1.29, 1.82) is 0 Å². The first-order valence-electron chi connectivity index (χ1n) is 7.75. The molecule has 0 aliphatic carbocycles. The van der Waals surface area contributed by atoms with Crippen molar-refractivity contribution >= 4 is 40.6 Å². The van der Waals surface area contributed by atoms with Gasteiger partial charge >= 0.3 is 0 Å². The Morgan fingerprint density at radius 2 is 1.73 bits per heavy atom. The predicted octanol–water partition coefficient (Wildman–Crippen LogP) is 5.22. The zero-order valence-electron chi connectivity index (χ0n) is 13.8. The number of para-hydroxylation sites is 1. The highest BCUT2D eigenvalue weighted by Crippen LogP contribution is 2.43. The summed E-state index contributed by atoms with van der Waals surface area (Å²) in [6, 6.07) is 16.2. The fraction of sp³-hybridized carbons (Fsp3) is 0.158. The Kier molecular flexibility index (Phi) is 5.56. The largest absolute Gasteiger partial charge is 0.497 e. The third-order valence-corrected chi connectivity index (χ3v) is 4.59. The SMILES string of the molecule is COc1ccc([C@H](C(=O)c2nccn2-c2ccccc2)C(Cl)(Cl)Cl)cc1. The summed E-state index contributed by atoms with van der Waals surface area (Å²) in [7, 11) is 1.56. The van der Waals surface area contributed by atoms with Crippen molar-refractivity contribution < 1.29 is 9.53 Å². The maximum atomic E-state index is 13.2. The molecule has 1 atom stereocenters. The maximum absolute atomic E-state index is 13.2. The summed E-state index contributed by atoms with van der Waals surface area (Å²) in [5, 5.41) is 0. The molecule has 0 aliphatic heterocycles. The zero-order valence-corrected chi connectivity index (χ0v) is 16.0. The minimum absolute atomic E-state index is 0.198. The highest BCUT2D eigenvalue weighted by Gasteiger charge is 2.41. The number of ketones is 1. The van der Waals surface area contributed by atoms with E-state index in [-0.39, 0.29) is 11.6 Å². The lowest BCUT2D eigenvalue weighted by molar-refractivity contribution is 0.0948. The van der Waals surface area contributed by atoms with Crippen LogP contribution in [0.3, 0.4) is 0 Å². The molecule has 0 aliphatic rings. The van der Waals surface area contributed by atoms with Gasteiger partial charge in [0.05, 0.1) is 13.0 Å². The molecule has 3 aromatic rings. The van der Waals surface area contributed by atoms with Crippen LogP contribution in [0.15, 0.2) is 67.0 Å². The van der Waals surface area contributed by atoms with Gasteiger partial charge < -0.3 is 4.74 Å². The molecule has 0 fully saturated rings. The van der Waals surface area contributed by atoms with Crippen LogP contribution in [-0.2, 0) is 0 Å². The predicted molar refractivity (Wildman–Crippen MR) is 104 cm³/mol. The quantitative estimate of drug-likeness (QED) is 0.429. The van der Waals surface area contributed by atoms with E-state index in [9.17, 15) is 4.79 Å². The fourth-order valence-electron chi connectivity index (χ4n) is 2.70. The molecule has 0 bridgehead atoms. The number of carbonyl (C=O) groups is 1. The van der Waals surface area contributed by atoms with Crippen LogP contribution in [0.1, 0.15) is 22.1 Å². The number of rotatable bonds is 5. The van der Waals surface area contributed by atoms with Crippen molar-refractivity contribution in [3.05, 3.63) is 78.4 Å². The summed E-state index contributed by atoms with van der Waals surface area (Å²) in [5.41, 5.74) is 1.37. The van der Waals surface area contributed by atoms with Crippen molar-refractivity contribution in [3.63, 3.8) is 0 Å². The summed E-state index contributed by atoms with van der Waals surface area (Å²) in [6.45, 7) is 0. The minimum atomic E-state index is -1.83. The van der Waals surface area contributed by atoms with Gasteiger partial charge in [0.1, 0.15) is 5.75 Å². The van der Waals surface area contributed by atoms with E-state index in [1.54, 1.807) is 48.3 Å². The molecule has 26 heavy (non-hydrogen) atoms. The molecule has 1 heterocycles. The molecule has 0 radical (unpaired) electrons. The van der Waals surface area contributed by atoms with Crippen LogP contribution in [-0.4, -0.2) is 26.2 Å². The number of alkyl halides is 3. The summed E-state index contributed by atoms with van der Waals surface area (Å²) in [4.78, 5) is 17.4. The van der Waals surface area contributed by atoms with Crippen molar-refractivity contribution in [2.75, 3.05) is 7.11 Å². The molecule has 0 N–H and O–H groups in total. The molecule has 2 aromatic carbocycles. The van der Waals surface area contributed by atoms with Gasteiger partial charge in [0.15, 0.2) is 5.82 Å². The molecular weight excluding hydrogens is 395 g/mol. The molecule has 7 heteroatoms. The molecule has 0 saturated carbocycles. The number of imidazole rings is 1. The van der Waals surface area contributed by atoms with E-state index < -0.39 is 9.71 Å². The van der Waals surface area contributed by atoms with E-state index in [2.05, 4.69) is 4.98 Å². The summed E-state index contributed by atoms with van der Waals surface area (Å²) in [6.07, 6.45) is 3.25. The fourth-order valence-corrected chi connectivity index (χ4v) is 3.37. The molecule has 4 nitrogen and oxygen atoms in total. The van der Waals surface area contributed by atoms with E-state index in [0.29, 0.717) is 11.3 Å². The second-order valence-electron chi connectivity index (χ2n) is 5.57. The van der Waals surface area contributed by atoms with Crippen LogP contribution in [0.2, 0.25) is 0 Å². The summed E-state index contributed by atoms with van der Waals surface area (Å²) in [5.74, 6) is -0.550. The molecular formula is C19H15Cl3N2O2. The highest BCUT2D eigenvalue weighted by molar-refractivity contribution is 6.69. The van der Waals surface area contributed by atoms with E-state index in [1.165, 1.54) is 0 Å². The average molecular weight is 410 g/mol. The lowest BCUT2D eigenvalue weighted by Gasteiger charge is -2.24. The van der Waals surface area contributed by atoms with Gasteiger partial charge in [-0.25, -0.2) is 4.98 Å². The van der Waals surface area contributed by atoms with Gasteiger partial charge in [0.2, 0.25) is 9.58 Å². The van der Waals surface area contributed by atoms with Crippen LogP contribution < -0.4 is 4.74 Å². The third kappa shape index (κ3) is 3.88. The normalized spacial score (nSPS) is 12.6. The topological polar surface area (TPSA) is 44.1 Å². The molecule has 0 spiro atoms. The Balaban J connectivity index is 2.03. The number of nitrogens with zero attached hydrogens (tertiary/aromatic N) is 2. The molecule has 134 valence electrons. The number of methoxy groups -OCH3 is 1. The van der Waals surface area contributed by atoms with Gasteiger partial charge in [-0.1, -0.05) is 65.1 Å². The number of halogens is 3. The minimum Gasteiger partial charge on any atom is -0.497 e. The zero-order chi connectivity index (χ0) is 18.7. The number of hydrogen-bond acceptors (Lipinski definition) is 3. The maximum Gasteiger partial charge on any atom is 0.210 e. The van der Waals surface area contributed by atoms with Crippen LogP contribution in [0.5, 0.6) is 5.75 Å². The molecule has 3 rings (SSSR count). The first-order valence-corrected chi connectivity index (χ1v) is 8.89. The number of benzene rings is 2. The molecule has 0 unspecified atom stereocenters. The monoisotopic (exact) mass is 408 g/mol. The van der Waals surface area contributed by atoms with Crippen molar-refractivity contribution in [2.24, 2.45) is 0 Å². The van der Waals surface area contributed by atoms with Crippen molar-refractivity contribution in [3.8, 4) is 11.4 Å². The Morgan fingerprint density at radius 3 is 2.31 bits per heavy atom. The number of hydrogen-bond donors (Lipinski definition) is 0. The highest BCUT2D eigenvalue weighted by atomic mass is 35.6.